The minimum atomic E-state index is -1.02. The zero-order valence-corrected chi connectivity index (χ0v) is 13.3. The van der Waals surface area contributed by atoms with Gasteiger partial charge in [-0.05, 0) is 43.3 Å². The number of carbonyl (C=O) groups excluding carboxylic acids is 3. The van der Waals surface area contributed by atoms with Crippen LogP contribution in [0.1, 0.15) is 27.6 Å². The summed E-state index contributed by atoms with van der Waals surface area (Å²) in [6.07, 6.45) is -1.02. The largest absolute Gasteiger partial charge is 0.479 e. The van der Waals surface area contributed by atoms with Crippen LogP contribution in [-0.2, 0) is 9.63 Å². The molecular weight excluding hydrogens is 334 g/mol. The third-order valence-electron chi connectivity index (χ3n) is 3.40. The van der Waals surface area contributed by atoms with E-state index in [0.29, 0.717) is 15.8 Å². The molecule has 2 amide bonds. The zero-order chi connectivity index (χ0) is 17.3. The van der Waals surface area contributed by atoms with Crippen molar-refractivity contribution in [3.63, 3.8) is 0 Å². The molecule has 0 saturated heterocycles. The molecule has 0 spiro atoms. The highest BCUT2D eigenvalue weighted by Gasteiger charge is 2.39. The zero-order valence-electron chi connectivity index (χ0n) is 12.6. The summed E-state index contributed by atoms with van der Waals surface area (Å²) in [4.78, 5) is 41.3. The lowest BCUT2D eigenvalue weighted by Crippen LogP contribution is -2.37. The van der Waals surface area contributed by atoms with Gasteiger partial charge in [0.15, 0.2) is 6.10 Å². The SMILES string of the molecule is CC(Oc1ccc(Cl)cc1)C(=O)ON1C(=O)c2ccccc2C1=O. The van der Waals surface area contributed by atoms with Crippen molar-refractivity contribution in [2.75, 3.05) is 0 Å². The molecular formula is C17H12ClNO5. The van der Waals surface area contributed by atoms with Gasteiger partial charge < -0.3 is 9.57 Å². The summed E-state index contributed by atoms with van der Waals surface area (Å²) in [6.45, 7) is 1.45. The Morgan fingerprint density at radius 1 is 1.00 bits per heavy atom. The fraction of sp³-hybridized carbons (Fsp3) is 0.118. The molecule has 0 N–H and O–H groups in total. The Hall–Kier alpha value is -2.86. The normalized spacial score (nSPS) is 14.3. The molecule has 2 aromatic carbocycles. The number of hydroxylamine groups is 2. The van der Waals surface area contributed by atoms with Crippen LogP contribution < -0.4 is 4.74 Å². The molecule has 1 aliphatic heterocycles. The number of benzene rings is 2. The van der Waals surface area contributed by atoms with E-state index in [1.807, 2.05) is 0 Å². The summed E-state index contributed by atoms with van der Waals surface area (Å²) in [7, 11) is 0. The van der Waals surface area contributed by atoms with Gasteiger partial charge in [0.05, 0.1) is 11.1 Å². The van der Waals surface area contributed by atoms with Crippen molar-refractivity contribution in [2.45, 2.75) is 13.0 Å². The lowest BCUT2D eigenvalue weighted by molar-refractivity contribution is -0.176. The maximum Gasteiger partial charge on any atom is 0.373 e. The number of halogens is 1. The van der Waals surface area contributed by atoms with Crippen LogP contribution in [0.4, 0.5) is 0 Å². The standard InChI is InChI=1S/C17H12ClNO5/c1-10(23-12-8-6-11(18)7-9-12)17(22)24-19-15(20)13-4-2-3-5-14(13)16(19)21/h2-10H,1H3. The lowest BCUT2D eigenvalue weighted by atomic mass is 10.1. The van der Waals surface area contributed by atoms with Crippen LogP contribution in [-0.4, -0.2) is 29.0 Å². The minimum Gasteiger partial charge on any atom is -0.479 e. The van der Waals surface area contributed by atoms with Crippen LogP contribution >= 0.6 is 11.6 Å². The number of hydrogen-bond acceptors (Lipinski definition) is 5. The molecule has 2 aromatic rings. The maximum atomic E-state index is 12.1. The molecule has 122 valence electrons. The van der Waals surface area contributed by atoms with Gasteiger partial charge in [0, 0.05) is 5.02 Å². The van der Waals surface area contributed by atoms with Gasteiger partial charge in [-0.2, -0.15) is 0 Å². The van der Waals surface area contributed by atoms with Gasteiger partial charge >= 0.3 is 5.97 Å². The van der Waals surface area contributed by atoms with Crippen molar-refractivity contribution in [3.8, 4) is 5.75 Å². The molecule has 1 heterocycles. The Morgan fingerprint density at radius 2 is 1.54 bits per heavy atom. The Labute approximate surface area is 142 Å². The topological polar surface area (TPSA) is 72.9 Å². The molecule has 6 nitrogen and oxygen atoms in total. The van der Waals surface area contributed by atoms with Crippen molar-refractivity contribution in [1.29, 1.82) is 0 Å². The van der Waals surface area contributed by atoms with Gasteiger partial charge in [-0.3, -0.25) is 9.59 Å². The van der Waals surface area contributed by atoms with Crippen LogP contribution in [0.25, 0.3) is 0 Å². The summed E-state index contributed by atoms with van der Waals surface area (Å²) in [6, 6.07) is 12.7. The molecule has 1 aliphatic rings. The third-order valence-corrected chi connectivity index (χ3v) is 3.65. The molecule has 0 fully saturated rings. The Kier molecular flexibility index (Phi) is 4.22. The minimum absolute atomic E-state index is 0.196. The van der Waals surface area contributed by atoms with Gasteiger partial charge in [-0.25, -0.2) is 4.79 Å². The molecule has 0 aliphatic carbocycles. The molecule has 24 heavy (non-hydrogen) atoms. The van der Waals surface area contributed by atoms with E-state index in [4.69, 9.17) is 21.2 Å². The van der Waals surface area contributed by atoms with E-state index < -0.39 is 23.9 Å². The fourth-order valence-electron chi connectivity index (χ4n) is 2.18. The first-order valence-corrected chi connectivity index (χ1v) is 7.47. The number of rotatable bonds is 4. The van der Waals surface area contributed by atoms with E-state index in [1.54, 1.807) is 36.4 Å². The van der Waals surface area contributed by atoms with E-state index in [9.17, 15) is 14.4 Å². The van der Waals surface area contributed by atoms with Crippen LogP contribution in [0.5, 0.6) is 5.75 Å². The van der Waals surface area contributed by atoms with Crippen LogP contribution in [0.15, 0.2) is 48.5 Å². The van der Waals surface area contributed by atoms with Crippen molar-refractivity contribution in [1.82, 2.24) is 5.06 Å². The van der Waals surface area contributed by atoms with Gasteiger partial charge in [0.1, 0.15) is 5.75 Å². The van der Waals surface area contributed by atoms with Crippen LogP contribution in [0.3, 0.4) is 0 Å². The number of carbonyl (C=O) groups is 3. The van der Waals surface area contributed by atoms with Crippen molar-refractivity contribution >= 4 is 29.4 Å². The van der Waals surface area contributed by atoms with Crippen LogP contribution in [0, 0.1) is 0 Å². The predicted molar refractivity (Wildman–Crippen MR) is 84.6 cm³/mol. The number of nitrogens with zero attached hydrogens (tertiary/aromatic N) is 1. The van der Waals surface area contributed by atoms with E-state index >= 15 is 0 Å². The quantitative estimate of drug-likeness (QED) is 0.797. The van der Waals surface area contributed by atoms with Gasteiger partial charge in [0.25, 0.3) is 11.8 Å². The number of ether oxygens (including phenoxy) is 1. The van der Waals surface area contributed by atoms with Gasteiger partial charge in [-0.15, -0.1) is 0 Å². The summed E-state index contributed by atoms with van der Waals surface area (Å²) in [5, 5.41) is 0.984. The van der Waals surface area contributed by atoms with Crippen LogP contribution in [0.2, 0.25) is 5.02 Å². The Balaban J connectivity index is 1.68. The first-order valence-electron chi connectivity index (χ1n) is 7.09. The second-order valence-corrected chi connectivity index (χ2v) is 5.51. The van der Waals surface area contributed by atoms with E-state index in [-0.39, 0.29) is 11.1 Å². The molecule has 7 heteroatoms. The highest BCUT2D eigenvalue weighted by atomic mass is 35.5. The summed E-state index contributed by atoms with van der Waals surface area (Å²) >= 11 is 5.77. The van der Waals surface area contributed by atoms with E-state index in [2.05, 4.69) is 0 Å². The van der Waals surface area contributed by atoms with Crippen molar-refractivity contribution < 1.29 is 24.0 Å². The van der Waals surface area contributed by atoms with Gasteiger partial charge in [-0.1, -0.05) is 28.8 Å². The predicted octanol–water partition coefficient (Wildman–Crippen LogP) is 2.86. The average Bonchev–Trinajstić information content (AvgIpc) is 2.82. The van der Waals surface area contributed by atoms with E-state index in [0.717, 1.165) is 0 Å². The third kappa shape index (κ3) is 2.96. The van der Waals surface area contributed by atoms with Crippen molar-refractivity contribution in [3.05, 3.63) is 64.7 Å². The molecule has 0 saturated carbocycles. The summed E-state index contributed by atoms with van der Waals surface area (Å²) in [5.41, 5.74) is 0.392. The molecule has 3 rings (SSSR count). The second-order valence-electron chi connectivity index (χ2n) is 5.07. The molecule has 0 bridgehead atoms. The first kappa shape index (κ1) is 16.0. The maximum absolute atomic E-state index is 12.1. The number of hydrogen-bond donors (Lipinski definition) is 0. The molecule has 1 atom stereocenters. The van der Waals surface area contributed by atoms with E-state index in [1.165, 1.54) is 19.1 Å². The fourth-order valence-corrected chi connectivity index (χ4v) is 2.31. The Morgan fingerprint density at radius 3 is 2.08 bits per heavy atom. The molecule has 1 unspecified atom stereocenters. The van der Waals surface area contributed by atoms with Crippen molar-refractivity contribution in [2.24, 2.45) is 0 Å². The average molecular weight is 346 g/mol. The number of fused-ring (bicyclic) bond motifs is 1. The molecule has 0 aromatic heterocycles. The molecule has 0 radical (unpaired) electrons. The summed E-state index contributed by atoms with van der Waals surface area (Å²) < 4.78 is 5.41. The lowest BCUT2D eigenvalue weighted by Gasteiger charge is -2.17. The monoisotopic (exact) mass is 345 g/mol. The van der Waals surface area contributed by atoms with Gasteiger partial charge in [0.2, 0.25) is 0 Å². The number of amides is 2. The number of imide groups is 1. The summed E-state index contributed by atoms with van der Waals surface area (Å²) in [5.74, 6) is -1.81. The highest BCUT2D eigenvalue weighted by Crippen LogP contribution is 2.23. The highest BCUT2D eigenvalue weighted by molar-refractivity contribution is 6.30. The smallest absolute Gasteiger partial charge is 0.373 e. The first-order chi connectivity index (χ1) is 11.5. The second kappa shape index (κ2) is 6.33. The Bertz CT molecular complexity index is 783.